The number of aromatic nitrogens is 1. The fourth-order valence-corrected chi connectivity index (χ4v) is 3.85. The number of anilines is 1. The molecule has 0 bridgehead atoms. The highest BCUT2D eigenvalue weighted by Gasteiger charge is 2.24. The lowest BCUT2D eigenvalue weighted by atomic mass is 10.2. The van der Waals surface area contributed by atoms with Crippen molar-refractivity contribution in [1.82, 2.24) is 10.4 Å². The Kier molecular flexibility index (Phi) is 4.91. The van der Waals surface area contributed by atoms with Gasteiger partial charge in [-0.2, -0.15) is 4.39 Å². The van der Waals surface area contributed by atoms with E-state index in [1.807, 2.05) is 26.0 Å². The molecule has 3 heterocycles. The second kappa shape index (κ2) is 7.12. The first-order valence-corrected chi connectivity index (χ1v) is 9.08. The number of rotatable bonds is 3. The summed E-state index contributed by atoms with van der Waals surface area (Å²) in [6.07, 6.45) is 1.21. The Hall–Kier alpha value is -2.58. The van der Waals surface area contributed by atoms with E-state index in [1.54, 1.807) is 10.8 Å². The molecule has 0 spiro atoms. The maximum absolute atomic E-state index is 13.1. The Morgan fingerprint density at radius 3 is 2.20 bits per heavy atom. The molecule has 0 aliphatic carbocycles. The summed E-state index contributed by atoms with van der Waals surface area (Å²) in [6.45, 7) is 3.64. The smallest absolute Gasteiger partial charge is 0.266 e. The van der Waals surface area contributed by atoms with Gasteiger partial charge < -0.3 is 0 Å². The molecular weight excluding hydrogens is 361 g/mol. The van der Waals surface area contributed by atoms with Crippen LogP contribution in [0.3, 0.4) is 0 Å². The number of hydrazine groups is 1. The molecule has 0 saturated heterocycles. The molecule has 2 amide bonds. The number of hydrogen-bond donors (Lipinski definition) is 1. The summed E-state index contributed by atoms with van der Waals surface area (Å²) < 4.78 is 13.1. The molecule has 8 heteroatoms. The van der Waals surface area contributed by atoms with Gasteiger partial charge in [0.05, 0.1) is 21.6 Å². The first-order chi connectivity index (χ1) is 12.0. The van der Waals surface area contributed by atoms with Gasteiger partial charge in [0, 0.05) is 0 Å². The molecule has 0 fully saturated rings. The SMILES string of the molecule is Cc1ccsc1C(=O)NN(C(=O)c1sccc1C)c1ccc(F)nc1. The topological polar surface area (TPSA) is 62.3 Å². The predicted octanol–water partition coefficient (Wildman–Crippen LogP) is 3.95. The highest BCUT2D eigenvalue weighted by atomic mass is 32.1. The number of nitrogens with one attached hydrogen (secondary N) is 1. The number of thiophene rings is 2. The molecule has 5 nitrogen and oxygen atoms in total. The van der Waals surface area contributed by atoms with Crippen LogP contribution in [-0.2, 0) is 0 Å². The number of carbonyl (C=O) groups is 2. The average molecular weight is 375 g/mol. The lowest BCUT2D eigenvalue weighted by Crippen LogP contribution is -2.46. The fraction of sp³-hybridized carbons (Fsp3) is 0.118. The zero-order chi connectivity index (χ0) is 18.0. The molecule has 0 radical (unpaired) electrons. The van der Waals surface area contributed by atoms with Gasteiger partial charge in [0.25, 0.3) is 11.8 Å². The van der Waals surface area contributed by atoms with Gasteiger partial charge in [-0.25, -0.2) is 9.99 Å². The number of pyridine rings is 1. The average Bonchev–Trinajstić information content (AvgIpc) is 3.21. The second-order valence-electron chi connectivity index (χ2n) is 5.29. The molecule has 0 saturated carbocycles. The zero-order valence-electron chi connectivity index (χ0n) is 13.4. The quantitative estimate of drug-likeness (QED) is 0.557. The van der Waals surface area contributed by atoms with Crippen LogP contribution in [0, 0.1) is 19.8 Å². The van der Waals surface area contributed by atoms with E-state index in [-0.39, 0.29) is 5.69 Å². The molecule has 0 aliphatic rings. The van der Waals surface area contributed by atoms with Crippen LogP contribution in [0.25, 0.3) is 0 Å². The Bertz CT molecular complexity index is 918. The number of aryl methyl sites for hydroxylation is 2. The largest absolute Gasteiger partial charge is 0.287 e. The van der Waals surface area contributed by atoms with Crippen LogP contribution in [0.1, 0.15) is 30.5 Å². The zero-order valence-corrected chi connectivity index (χ0v) is 15.1. The Morgan fingerprint density at radius 1 is 1.04 bits per heavy atom. The lowest BCUT2D eigenvalue weighted by molar-refractivity contribution is 0.0891. The maximum Gasteiger partial charge on any atom is 0.287 e. The molecule has 0 aliphatic heterocycles. The van der Waals surface area contributed by atoms with Crippen molar-refractivity contribution < 1.29 is 14.0 Å². The number of nitrogens with zero attached hydrogens (tertiary/aromatic N) is 2. The van der Waals surface area contributed by atoms with E-state index in [0.29, 0.717) is 9.75 Å². The van der Waals surface area contributed by atoms with Gasteiger partial charge in [0.2, 0.25) is 5.95 Å². The first-order valence-electron chi connectivity index (χ1n) is 7.32. The van der Waals surface area contributed by atoms with Gasteiger partial charge >= 0.3 is 0 Å². The molecule has 0 unspecified atom stereocenters. The second-order valence-corrected chi connectivity index (χ2v) is 7.12. The molecule has 3 aromatic heterocycles. The first kappa shape index (κ1) is 17.2. The van der Waals surface area contributed by atoms with Crippen LogP contribution in [0.15, 0.2) is 41.2 Å². The predicted molar refractivity (Wildman–Crippen MR) is 96.6 cm³/mol. The van der Waals surface area contributed by atoms with Crippen molar-refractivity contribution in [3.05, 3.63) is 68.1 Å². The van der Waals surface area contributed by atoms with Crippen LogP contribution in [0.5, 0.6) is 0 Å². The van der Waals surface area contributed by atoms with Crippen LogP contribution < -0.4 is 10.4 Å². The molecule has 3 rings (SSSR count). The van der Waals surface area contributed by atoms with Crippen molar-refractivity contribution in [1.29, 1.82) is 0 Å². The van der Waals surface area contributed by atoms with Crippen molar-refractivity contribution in [2.75, 3.05) is 5.01 Å². The monoisotopic (exact) mass is 375 g/mol. The summed E-state index contributed by atoms with van der Waals surface area (Å²) in [5.41, 5.74) is 4.51. The maximum atomic E-state index is 13.1. The van der Waals surface area contributed by atoms with Gasteiger partial charge in [0.15, 0.2) is 0 Å². The molecule has 0 atom stereocenters. The van der Waals surface area contributed by atoms with Gasteiger partial charge in [0.1, 0.15) is 0 Å². The van der Waals surface area contributed by atoms with Crippen molar-refractivity contribution in [2.24, 2.45) is 0 Å². The van der Waals surface area contributed by atoms with Crippen LogP contribution >= 0.6 is 22.7 Å². The number of hydrogen-bond acceptors (Lipinski definition) is 5. The molecule has 0 aromatic carbocycles. The normalized spacial score (nSPS) is 10.5. The van der Waals surface area contributed by atoms with Gasteiger partial charge in [-0.05, 0) is 60.0 Å². The van der Waals surface area contributed by atoms with Crippen molar-refractivity contribution in [3.8, 4) is 0 Å². The fourth-order valence-electron chi connectivity index (χ4n) is 2.18. The summed E-state index contributed by atoms with van der Waals surface area (Å²) in [5.74, 6) is -1.47. The molecule has 1 N–H and O–H groups in total. The van der Waals surface area contributed by atoms with Crippen molar-refractivity contribution in [3.63, 3.8) is 0 Å². The minimum atomic E-state index is -0.663. The molecule has 3 aromatic rings. The van der Waals surface area contributed by atoms with E-state index in [2.05, 4.69) is 10.4 Å². The van der Waals surface area contributed by atoms with Crippen molar-refractivity contribution in [2.45, 2.75) is 13.8 Å². The number of carbonyl (C=O) groups excluding carboxylic acids is 2. The third kappa shape index (κ3) is 3.59. The third-order valence-corrected chi connectivity index (χ3v) is 5.53. The van der Waals surface area contributed by atoms with Crippen LogP contribution in [0.4, 0.5) is 10.1 Å². The standard InChI is InChI=1S/C17H14FN3O2S2/c1-10-5-7-24-14(10)16(22)20-21(12-3-4-13(18)19-9-12)17(23)15-11(2)6-8-25-15/h3-9H,1-2H3,(H,20,22). The van der Waals surface area contributed by atoms with Gasteiger partial charge in [-0.15, -0.1) is 22.7 Å². The molecule has 128 valence electrons. The Morgan fingerprint density at radius 2 is 1.68 bits per heavy atom. The lowest BCUT2D eigenvalue weighted by Gasteiger charge is -2.22. The summed E-state index contributed by atoms with van der Waals surface area (Å²) in [6, 6.07) is 6.18. The van der Waals surface area contributed by atoms with Gasteiger partial charge in [-0.3, -0.25) is 15.0 Å². The van der Waals surface area contributed by atoms with E-state index in [9.17, 15) is 14.0 Å². The van der Waals surface area contributed by atoms with E-state index < -0.39 is 17.8 Å². The molecular formula is C17H14FN3O2S2. The minimum Gasteiger partial charge on any atom is -0.266 e. The van der Waals surface area contributed by atoms with E-state index in [0.717, 1.165) is 22.2 Å². The highest BCUT2D eigenvalue weighted by molar-refractivity contribution is 7.12. The van der Waals surface area contributed by atoms with Crippen LogP contribution in [0.2, 0.25) is 0 Å². The van der Waals surface area contributed by atoms with Crippen LogP contribution in [-0.4, -0.2) is 16.8 Å². The Labute approximate surface area is 151 Å². The highest BCUT2D eigenvalue weighted by Crippen LogP contribution is 2.22. The van der Waals surface area contributed by atoms with E-state index in [4.69, 9.17) is 0 Å². The number of halogens is 1. The summed E-state index contributed by atoms with van der Waals surface area (Å²) >= 11 is 2.56. The van der Waals surface area contributed by atoms with Gasteiger partial charge in [-0.1, -0.05) is 0 Å². The van der Waals surface area contributed by atoms with E-state index >= 15 is 0 Å². The van der Waals surface area contributed by atoms with Crippen molar-refractivity contribution >= 4 is 40.2 Å². The summed E-state index contributed by atoms with van der Waals surface area (Å²) in [7, 11) is 0. The Balaban J connectivity index is 1.96. The number of amides is 2. The summed E-state index contributed by atoms with van der Waals surface area (Å²) in [5, 5.41) is 4.71. The summed E-state index contributed by atoms with van der Waals surface area (Å²) in [4.78, 5) is 30.0. The molecule has 25 heavy (non-hydrogen) atoms. The van der Waals surface area contributed by atoms with E-state index in [1.165, 1.54) is 34.9 Å². The minimum absolute atomic E-state index is 0.279. The third-order valence-electron chi connectivity index (χ3n) is 3.51.